The number of anilines is 2. The Morgan fingerprint density at radius 2 is 2.00 bits per heavy atom. The van der Waals surface area contributed by atoms with Crippen molar-refractivity contribution in [3.05, 3.63) is 70.3 Å². The highest BCUT2D eigenvalue weighted by Gasteiger charge is 2.26. The fraction of sp³-hybridized carbons (Fsp3) is 0.190. The van der Waals surface area contributed by atoms with E-state index in [4.69, 9.17) is 4.42 Å². The van der Waals surface area contributed by atoms with Crippen molar-refractivity contribution in [3.8, 4) is 0 Å². The summed E-state index contributed by atoms with van der Waals surface area (Å²) in [7, 11) is 0. The van der Waals surface area contributed by atoms with E-state index in [1.165, 1.54) is 17.6 Å². The molecule has 0 radical (unpaired) electrons. The Morgan fingerprint density at radius 1 is 1.10 bits per heavy atom. The summed E-state index contributed by atoms with van der Waals surface area (Å²) in [6.07, 6.45) is 3.15. The molecule has 0 atom stereocenters. The number of nitrogens with zero attached hydrogens (tertiary/aromatic N) is 1. The van der Waals surface area contributed by atoms with Gasteiger partial charge in [-0.1, -0.05) is 12.1 Å². The largest absolute Gasteiger partial charge is 0.459 e. The van der Waals surface area contributed by atoms with Crippen molar-refractivity contribution < 1.29 is 18.8 Å². The van der Waals surface area contributed by atoms with Crippen LogP contribution in [0.25, 0.3) is 0 Å². The van der Waals surface area contributed by atoms with Crippen LogP contribution in [-0.4, -0.2) is 24.3 Å². The maximum absolute atomic E-state index is 12.7. The zero-order valence-electron chi connectivity index (χ0n) is 15.5. The molecule has 3 amide bonds. The minimum atomic E-state index is -0.749. The van der Waals surface area contributed by atoms with Gasteiger partial charge < -0.3 is 20.0 Å². The maximum atomic E-state index is 12.7. The zero-order valence-corrected chi connectivity index (χ0v) is 16.3. The Bertz CT molecular complexity index is 1030. The number of rotatable bonds is 4. The summed E-state index contributed by atoms with van der Waals surface area (Å²) in [5.74, 6) is -1.42. The SMILES string of the molecule is O=C(NCc1cccs1)C(=O)Nc1ccc2c(c1)N(C(=O)c1ccco1)CCC2. The Hall–Kier alpha value is -3.39. The Morgan fingerprint density at radius 3 is 2.76 bits per heavy atom. The van der Waals surface area contributed by atoms with Gasteiger partial charge in [-0.15, -0.1) is 11.3 Å². The second kappa shape index (κ2) is 8.32. The summed E-state index contributed by atoms with van der Waals surface area (Å²) in [6, 6.07) is 12.4. The average Bonchev–Trinajstić information content (AvgIpc) is 3.45. The van der Waals surface area contributed by atoms with Crippen LogP contribution in [-0.2, 0) is 22.6 Å². The molecule has 0 unspecified atom stereocenters. The smallest absolute Gasteiger partial charge is 0.313 e. The maximum Gasteiger partial charge on any atom is 0.313 e. The van der Waals surface area contributed by atoms with Crippen molar-refractivity contribution in [3.63, 3.8) is 0 Å². The minimum Gasteiger partial charge on any atom is -0.459 e. The fourth-order valence-electron chi connectivity index (χ4n) is 3.25. The second-order valence-electron chi connectivity index (χ2n) is 6.60. The number of amides is 3. The highest BCUT2D eigenvalue weighted by Crippen LogP contribution is 2.31. The van der Waals surface area contributed by atoms with Gasteiger partial charge in [-0.2, -0.15) is 0 Å². The van der Waals surface area contributed by atoms with Crippen LogP contribution in [0.2, 0.25) is 0 Å². The van der Waals surface area contributed by atoms with Crippen molar-refractivity contribution in [1.82, 2.24) is 5.32 Å². The fourth-order valence-corrected chi connectivity index (χ4v) is 3.89. The first-order valence-corrected chi connectivity index (χ1v) is 10.1. The molecular weight excluding hydrogens is 390 g/mol. The van der Waals surface area contributed by atoms with Gasteiger partial charge in [0.15, 0.2) is 5.76 Å². The van der Waals surface area contributed by atoms with Gasteiger partial charge in [0, 0.05) is 22.8 Å². The lowest BCUT2D eigenvalue weighted by Gasteiger charge is -2.29. The zero-order chi connectivity index (χ0) is 20.2. The lowest BCUT2D eigenvalue weighted by molar-refractivity contribution is -0.136. The van der Waals surface area contributed by atoms with E-state index in [2.05, 4.69) is 10.6 Å². The van der Waals surface area contributed by atoms with Crippen molar-refractivity contribution in [2.75, 3.05) is 16.8 Å². The number of thiophene rings is 1. The number of hydrogen-bond acceptors (Lipinski definition) is 5. The third-order valence-electron chi connectivity index (χ3n) is 4.65. The van der Waals surface area contributed by atoms with E-state index in [9.17, 15) is 14.4 Å². The number of hydrogen-bond donors (Lipinski definition) is 2. The third-order valence-corrected chi connectivity index (χ3v) is 5.52. The van der Waals surface area contributed by atoms with Crippen molar-refractivity contribution in [2.45, 2.75) is 19.4 Å². The molecule has 0 fully saturated rings. The second-order valence-corrected chi connectivity index (χ2v) is 7.63. The lowest BCUT2D eigenvalue weighted by Crippen LogP contribution is -2.36. The Labute approximate surface area is 171 Å². The predicted molar refractivity (Wildman–Crippen MR) is 110 cm³/mol. The van der Waals surface area contributed by atoms with E-state index in [-0.39, 0.29) is 11.7 Å². The van der Waals surface area contributed by atoms with Crippen LogP contribution >= 0.6 is 11.3 Å². The van der Waals surface area contributed by atoms with Gasteiger partial charge in [-0.3, -0.25) is 14.4 Å². The number of aryl methyl sites for hydroxylation is 1. The standard InChI is InChI=1S/C21H19N3O4S/c25-19(22-13-16-5-3-11-29-16)20(26)23-15-8-7-14-4-1-9-24(17(14)12-15)21(27)18-6-2-10-28-18/h2-3,5-8,10-12H,1,4,9,13H2,(H,22,25)(H,23,26). The van der Waals surface area contributed by atoms with Gasteiger partial charge in [0.25, 0.3) is 5.91 Å². The first-order chi connectivity index (χ1) is 14.1. The molecule has 0 saturated carbocycles. The summed E-state index contributed by atoms with van der Waals surface area (Å²) in [5, 5.41) is 7.11. The van der Waals surface area contributed by atoms with Crippen LogP contribution < -0.4 is 15.5 Å². The van der Waals surface area contributed by atoms with E-state index in [0.717, 1.165) is 29.0 Å². The van der Waals surface area contributed by atoms with Gasteiger partial charge in [0.2, 0.25) is 0 Å². The van der Waals surface area contributed by atoms with Gasteiger partial charge in [-0.25, -0.2) is 0 Å². The van der Waals surface area contributed by atoms with Gasteiger partial charge in [0.05, 0.1) is 12.8 Å². The van der Waals surface area contributed by atoms with Gasteiger partial charge >= 0.3 is 11.8 Å². The van der Waals surface area contributed by atoms with Gasteiger partial charge in [-0.05, 0) is 54.1 Å². The van der Waals surface area contributed by atoms with Crippen LogP contribution in [0.1, 0.15) is 27.4 Å². The number of furan rings is 1. The Kier molecular flexibility index (Phi) is 5.44. The van der Waals surface area contributed by atoms with Crippen LogP contribution in [0.3, 0.4) is 0 Å². The summed E-state index contributed by atoms with van der Waals surface area (Å²) < 4.78 is 5.23. The van der Waals surface area contributed by atoms with E-state index < -0.39 is 11.8 Å². The average molecular weight is 409 g/mol. The van der Waals surface area contributed by atoms with E-state index >= 15 is 0 Å². The van der Waals surface area contributed by atoms with Crippen molar-refractivity contribution in [1.29, 1.82) is 0 Å². The monoisotopic (exact) mass is 409 g/mol. The first kappa shape index (κ1) is 18.9. The molecule has 0 bridgehead atoms. The van der Waals surface area contributed by atoms with E-state index in [1.54, 1.807) is 29.2 Å². The molecule has 1 aromatic carbocycles. The third kappa shape index (κ3) is 4.22. The van der Waals surface area contributed by atoms with Crippen molar-refractivity contribution >= 4 is 40.4 Å². The quantitative estimate of drug-likeness (QED) is 0.648. The summed E-state index contributed by atoms with van der Waals surface area (Å²) in [5.41, 5.74) is 2.19. The molecular formula is C21H19N3O4S. The molecule has 0 spiro atoms. The highest BCUT2D eigenvalue weighted by atomic mass is 32.1. The predicted octanol–water partition coefficient (Wildman–Crippen LogP) is 3.19. The number of nitrogens with one attached hydrogen (secondary N) is 2. The van der Waals surface area contributed by atoms with Crippen LogP contribution in [0.5, 0.6) is 0 Å². The summed E-state index contributed by atoms with van der Waals surface area (Å²) >= 11 is 1.51. The summed E-state index contributed by atoms with van der Waals surface area (Å²) in [6.45, 7) is 0.866. The summed E-state index contributed by atoms with van der Waals surface area (Å²) in [4.78, 5) is 39.6. The molecule has 7 nitrogen and oxygen atoms in total. The molecule has 4 rings (SSSR count). The molecule has 1 aliphatic heterocycles. The number of fused-ring (bicyclic) bond motifs is 1. The molecule has 0 saturated heterocycles. The highest BCUT2D eigenvalue weighted by molar-refractivity contribution is 7.09. The molecule has 29 heavy (non-hydrogen) atoms. The van der Waals surface area contributed by atoms with Crippen LogP contribution in [0.15, 0.2) is 58.5 Å². The molecule has 8 heteroatoms. The topological polar surface area (TPSA) is 91.7 Å². The molecule has 1 aliphatic rings. The molecule has 3 aromatic rings. The molecule has 2 N–H and O–H groups in total. The lowest BCUT2D eigenvalue weighted by atomic mass is 10.0. The number of carbonyl (C=O) groups excluding carboxylic acids is 3. The van der Waals surface area contributed by atoms with Crippen molar-refractivity contribution in [2.24, 2.45) is 0 Å². The molecule has 3 heterocycles. The normalized spacial score (nSPS) is 12.9. The van der Waals surface area contributed by atoms with E-state index in [1.807, 2.05) is 23.6 Å². The first-order valence-electron chi connectivity index (χ1n) is 9.21. The molecule has 148 valence electrons. The van der Waals surface area contributed by atoms with Crippen LogP contribution in [0.4, 0.5) is 11.4 Å². The minimum absolute atomic E-state index is 0.229. The molecule has 0 aliphatic carbocycles. The Balaban J connectivity index is 1.46. The van der Waals surface area contributed by atoms with Crippen LogP contribution in [0, 0.1) is 0 Å². The number of carbonyl (C=O) groups is 3. The number of benzene rings is 1. The molecule has 2 aromatic heterocycles. The van der Waals surface area contributed by atoms with Gasteiger partial charge in [0.1, 0.15) is 0 Å². The van der Waals surface area contributed by atoms with E-state index in [0.29, 0.717) is 18.8 Å².